The van der Waals surface area contributed by atoms with Crippen LogP contribution in [-0.4, -0.2) is 15.8 Å². The van der Waals surface area contributed by atoms with Crippen LogP contribution in [-0.2, 0) is 11.8 Å². The van der Waals surface area contributed by atoms with Crippen LogP contribution in [0.1, 0.15) is 18.5 Å². The van der Waals surface area contributed by atoms with Gasteiger partial charge < -0.3 is 10.3 Å². The fourth-order valence-electron chi connectivity index (χ4n) is 1.44. The molecule has 1 fully saturated rings. The summed E-state index contributed by atoms with van der Waals surface area (Å²) in [5.74, 6) is 0.821. The summed E-state index contributed by atoms with van der Waals surface area (Å²) in [5, 5.41) is 0. The highest BCUT2D eigenvalue weighted by Crippen LogP contribution is 2.56. The summed E-state index contributed by atoms with van der Waals surface area (Å²) in [4.78, 5) is 4.34. The molecule has 0 aromatic carbocycles. The molecular weight excluding hydrogens is 170 g/mol. The van der Waals surface area contributed by atoms with Crippen LogP contribution in [0.4, 0.5) is 5.82 Å². The van der Waals surface area contributed by atoms with Crippen molar-refractivity contribution in [2.45, 2.75) is 17.6 Å². The van der Waals surface area contributed by atoms with Gasteiger partial charge in [-0.3, -0.25) is 0 Å². The van der Waals surface area contributed by atoms with E-state index in [9.17, 15) is 0 Å². The van der Waals surface area contributed by atoms with E-state index in [1.165, 1.54) is 12.8 Å². The Hall–Kier alpha value is -0.640. The molecule has 0 bridgehead atoms. The fraction of sp³-hybridized carbons (Fsp3) is 0.625. The van der Waals surface area contributed by atoms with Gasteiger partial charge in [0.05, 0.1) is 16.8 Å². The highest BCUT2D eigenvalue weighted by Gasteiger charge is 2.47. The molecule has 3 nitrogen and oxygen atoms in total. The molecule has 12 heavy (non-hydrogen) atoms. The average Bonchev–Trinajstić information content (AvgIpc) is 2.79. The van der Waals surface area contributed by atoms with Gasteiger partial charge in [-0.2, -0.15) is 11.8 Å². The molecule has 1 aliphatic rings. The largest absolute Gasteiger partial charge is 0.384 e. The Morgan fingerprint density at radius 3 is 2.67 bits per heavy atom. The van der Waals surface area contributed by atoms with Crippen LogP contribution in [0.25, 0.3) is 0 Å². The number of anilines is 1. The van der Waals surface area contributed by atoms with Crippen LogP contribution in [0.3, 0.4) is 0 Å². The molecule has 2 N–H and O–H groups in total. The summed E-state index contributed by atoms with van der Waals surface area (Å²) >= 11 is 1.86. The Kier molecular flexibility index (Phi) is 1.61. The zero-order valence-corrected chi connectivity index (χ0v) is 8.19. The topological polar surface area (TPSA) is 43.8 Å². The molecule has 66 valence electrons. The molecule has 0 atom stereocenters. The minimum absolute atomic E-state index is 0.255. The summed E-state index contributed by atoms with van der Waals surface area (Å²) in [6.07, 6.45) is 6.35. The molecule has 4 heteroatoms. The standard InChI is InChI=1S/C8H13N3S/c1-11-5-10-6(7(11)9)8(12-2)3-4-8/h5H,3-4,9H2,1-2H3. The second-order valence-corrected chi connectivity index (χ2v) is 4.48. The monoisotopic (exact) mass is 183 g/mol. The summed E-state index contributed by atoms with van der Waals surface area (Å²) in [7, 11) is 1.93. The summed E-state index contributed by atoms with van der Waals surface area (Å²) in [6.45, 7) is 0. The third kappa shape index (κ3) is 0.941. The van der Waals surface area contributed by atoms with Crippen molar-refractivity contribution in [2.24, 2.45) is 7.05 Å². The Bertz CT molecular complexity index is 301. The van der Waals surface area contributed by atoms with Crippen LogP contribution < -0.4 is 5.73 Å². The number of aryl methyl sites for hydroxylation is 1. The van der Waals surface area contributed by atoms with Gasteiger partial charge in [0.2, 0.25) is 0 Å². The van der Waals surface area contributed by atoms with E-state index in [4.69, 9.17) is 5.73 Å². The molecule has 0 unspecified atom stereocenters. The minimum atomic E-state index is 0.255. The molecular formula is C8H13N3S. The number of nitrogen functional groups attached to an aromatic ring is 1. The van der Waals surface area contributed by atoms with Gasteiger partial charge in [-0.25, -0.2) is 4.98 Å². The Balaban J connectivity index is 2.40. The molecule has 0 amide bonds. The number of imidazole rings is 1. The predicted octanol–water partition coefficient (Wildman–Crippen LogP) is 1.35. The molecule has 1 saturated carbocycles. The van der Waals surface area contributed by atoms with E-state index in [1.807, 2.05) is 23.4 Å². The highest BCUT2D eigenvalue weighted by atomic mass is 32.2. The highest BCUT2D eigenvalue weighted by molar-refractivity contribution is 7.99. The second-order valence-electron chi connectivity index (χ2n) is 3.29. The molecule has 0 aliphatic heterocycles. The lowest BCUT2D eigenvalue weighted by Gasteiger charge is -2.09. The first kappa shape index (κ1) is 7.98. The number of hydrogen-bond acceptors (Lipinski definition) is 3. The lowest BCUT2D eigenvalue weighted by atomic mass is 10.3. The zero-order valence-electron chi connectivity index (χ0n) is 7.37. The summed E-state index contributed by atoms with van der Waals surface area (Å²) in [6, 6.07) is 0. The maximum atomic E-state index is 5.89. The normalized spacial score (nSPS) is 19.5. The van der Waals surface area contributed by atoms with Crippen molar-refractivity contribution in [1.82, 2.24) is 9.55 Å². The second kappa shape index (κ2) is 2.42. The SMILES string of the molecule is CSC1(c2ncn(C)c2N)CC1. The first-order valence-electron chi connectivity index (χ1n) is 4.02. The third-order valence-electron chi connectivity index (χ3n) is 2.51. The summed E-state index contributed by atoms with van der Waals surface area (Å²) < 4.78 is 2.14. The lowest BCUT2D eigenvalue weighted by Crippen LogP contribution is -2.06. The van der Waals surface area contributed by atoms with Crippen LogP contribution in [0, 0.1) is 0 Å². The predicted molar refractivity (Wildman–Crippen MR) is 52.0 cm³/mol. The number of thioether (sulfide) groups is 1. The van der Waals surface area contributed by atoms with Crippen LogP contribution in [0.2, 0.25) is 0 Å². The quantitative estimate of drug-likeness (QED) is 0.752. The Labute approximate surface area is 76.4 Å². The van der Waals surface area contributed by atoms with Gasteiger partial charge in [-0.05, 0) is 19.1 Å². The Morgan fingerprint density at radius 2 is 2.33 bits per heavy atom. The van der Waals surface area contributed by atoms with Crippen molar-refractivity contribution < 1.29 is 0 Å². The van der Waals surface area contributed by atoms with Gasteiger partial charge >= 0.3 is 0 Å². The van der Waals surface area contributed by atoms with Crippen molar-refractivity contribution in [1.29, 1.82) is 0 Å². The van der Waals surface area contributed by atoms with E-state index in [2.05, 4.69) is 11.2 Å². The molecule has 2 rings (SSSR count). The van der Waals surface area contributed by atoms with Crippen LogP contribution in [0.15, 0.2) is 6.33 Å². The van der Waals surface area contributed by atoms with Gasteiger partial charge in [0.25, 0.3) is 0 Å². The number of hydrogen-bond donors (Lipinski definition) is 1. The van der Waals surface area contributed by atoms with E-state index in [0.717, 1.165) is 11.5 Å². The number of nitrogens with zero attached hydrogens (tertiary/aromatic N) is 2. The smallest absolute Gasteiger partial charge is 0.127 e. The maximum Gasteiger partial charge on any atom is 0.127 e. The number of nitrogens with two attached hydrogens (primary N) is 1. The Morgan fingerprint density at radius 1 is 1.67 bits per heavy atom. The van der Waals surface area contributed by atoms with Crippen molar-refractivity contribution >= 4 is 17.6 Å². The average molecular weight is 183 g/mol. The van der Waals surface area contributed by atoms with Crippen molar-refractivity contribution in [3.63, 3.8) is 0 Å². The van der Waals surface area contributed by atoms with Crippen molar-refractivity contribution in [2.75, 3.05) is 12.0 Å². The molecule has 0 radical (unpaired) electrons. The molecule has 1 aliphatic carbocycles. The van der Waals surface area contributed by atoms with E-state index >= 15 is 0 Å². The third-order valence-corrected chi connectivity index (χ3v) is 3.89. The van der Waals surface area contributed by atoms with Crippen LogP contribution >= 0.6 is 11.8 Å². The van der Waals surface area contributed by atoms with E-state index in [1.54, 1.807) is 6.33 Å². The van der Waals surface area contributed by atoms with Gasteiger partial charge in [0.1, 0.15) is 5.82 Å². The molecule has 1 aromatic heterocycles. The first-order chi connectivity index (χ1) is 5.69. The number of aromatic nitrogens is 2. The van der Waals surface area contributed by atoms with E-state index in [-0.39, 0.29) is 4.75 Å². The number of rotatable bonds is 2. The fourth-order valence-corrected chi connectivity index (χ4v) is 2.30. The van der Waals surface area contributed by atoms with Gasteiger partial charge in [-0.15, -0.1) is 0 Å². The van der Waals surface area contributed by atoms with Gasteiger partial charge in [0.15, 0.2) is 0 Å². The maximum absolute atomic E-state index is 5.89. The van der Waals surface area contributed by atoms with Crippen molar-refractivity contribution in [3.8, 4) is 0 Å². The minimum Gasteiger partial charge on any atom is -0.384 e. The lowest BCUT2D eigenvalue weighted by molar-refractivity contribution is 0.923. The molecule has 1 heterocycles. The van der Waals surface area contributed by atoms with Crippen molar-refractivity contribution in [3.05, 3.63) is 12.0 Å². The van der Waals surface area contributed by atoms with Crippen LogP contribution in [0.5, 0.6) is 0 Å². The molecule has 1 aromatic rings. The van der Waals surface area contributed by atoms with Gasteiger partial charge in [-0.1, -0.05) is 0 Å². The first-order valence-corrected chi connectivity index (χ1v) is 5.24. The van der Waals surface area contributed by atoms with E-state index < -0.39 is 0 Å². The van der Waals surface area contributed by atoms with Gasteiger partial charge in [0, 0.05) is 7.05 Å². The zero-order chi connectivity index (χ0) is 8.77. The molecule has 0 saturated heterocycles. The van der Waals surface area contributed by atoms with E-state index in [0.29, 0.717) is 0 Å². The summed E-state index contributed by atoms with van der Waals surface area (Å²) in [5.41, 5.74) is 6.97. The molecule has 0 spiro atoms.